The average Bonchev–Trinajstić information content (AvgIpc) is 2.86. The number of hydrogen-bond acceptors (Lipinski definition) is 3. The standard InChI is InChI=1S/C15H12Cl2O2S/c16-13-5-3-6-14(17)15(13)19-10-12-8-7-11(20-12)4-1-2-9-18/h3,5-8,18H,2,9-10H2. The van der Waals surface area contributed by atoms with Crippen LogP contribution >= 0.6 is 34.5 Å². The lowest BCUT2D eigenvalue weighted by molar-refractivity contribution is 0.305. The molecule has 5 heteroatoms. The molecule has 2 nitrogen and oxygen atoms in total. The van der Waals surface area contributed by atoms with Gasteiger partial charge in [-0.05, 0) is 24.3 Å². The third-order valence-electron chi connectivity index (χ3n) is 2.39. The van der Waals surface area contributed by atoms with Gasteiger partial charge in [0.05, 0.1) is 21.5 Å². The zero-order valence-corrected chi connectivity index (χ0v) is 12.9. The maximum Gasteiger partial charge on any atom is 0.157 e. The van der Waals surface area contributed by atoms with Crippen molar-refractivity contribution in [3.63, 3.8) is 0 Å². The summed E-state index contributed by atoms with van der Waals surface area (Å²) in [6.45, 7) is 0.481. The summed E-state index contributed by atoms with van der Waals surface area (Å²) in [5.74, 6) is 6.37. The monoisotopic (exact) mass is 326 g/mol. The van der Waals surface area contributed by atoms with Crippen LogP contribution in [0.15, 0.2) is 30.3 Å². The van der Waals surface area contributed by atoms with E-state index in [0.29, 0.717) is 28.8 Å². The summed E-state index contributed by atoms with van der Waals surface area (Å²) in [5, 5.41) is 9.66. The van der Waals surface area contributed by atoms with Gasteiger partial charge >= 0.3 is 0 Å². The van der Waals surface area contributed by atoms with Crippen molar-refractivity contribution in [3.8, 4) is 17.6 Å². The lowest BCUT2D eigenvalue weighted by atomic mass is 10.3. The number of thiophene rings is 1. The minimum absolute atomic E-state index is 0.0827. The Bertz CT molecular complexity index is 621. The molecule has 0 unspecified atom stereocenters. The smallest absolute Gasteiger partial charge is 0.157 e. The first-order chi connectivity index (χ1) is 9.70. The molecule has 0 aliphatic carbocycles. The Morgan fingerprint density at radius 3 is 2.60 bits per heavy atom. The molecule has 0 bridgehead atoms. The summed E-state index contributed by atoms with van der Waals surface area (Å²) >= 11 is 13.6. The zero-order chi connectivity index (χ0) is 14.4. The molecule has 0 radical (unpaired) electrons. The van der Waals surface area contributed by atoms with Gasteiger partial charge in [0, 0.05) is 11.3 Å². The number of benzene rings is 1. The number of ether oxygens (including phenoxy) is 1. The molecule has 2 rings (SSSR count). The normalized spacial score (nSPS) is 9.95. The Morgan fingerprint density at radius 2 is 1.90 bits per heavy atom. The van der Waals surface area contributed by atoms with Gasteiger partial charge in [-0.25, -0.2) is 0 Å². The van der Waals surface area contributed by atoms with Gasteiger partial charge in [0.15, 0.2) is 5.75 Å². The van der Waals surface area contributed by atoms with Crippen LogP contribution in [0, 0.1) is 11.8 Å². The van der Waals surface area contributed by atoms with Crippen LogP contribution in [0.25, 0.3) is 0 Å². The van der Waals surface area contributed by atoms with Crippen LogP contribution in [0.3, 0.4) is 0 Å². The fourth-order valence-electron chi connectivity index (χ4n) is 1.49. The Kier molecular flexibility index (Phi) is 5.75. The second-order valence-electron chi connectivity index (χ2n) is 3.88. The van der Waals surface area contributed by atoms with Gasteiger partial charge in [0.1, 0.15) is 6.61 Å². The summed E-state index contributed by atoms with van der Waals surface area (Å²) in [5.41, 5.74) is 0. The van der Waals surface area contributed by atoms with Gasteiger partial charge in [-0.3, -0.25) is 0 Å². The van der Waals surface area contributed by atoms with E-state index in [2.05, 4.69) is 11.8 Å². The molecule has 0 spiro atoms. The molecule has 104 valence electrons. The SMILES string of the molecule is OCCC#Cc1ccc(COc2c(Cl)cccc2Cl)s1. The molecule has 0 aliphatic rings. The van der Waals surface area contributed by atoms with E-state index < -0.39 is 0 Å². The summed E-state index contributed by atoms with van der Waals surface area (Å²) < 4.78 is 5.65. The van der Waals surface area contributed by atoms with E-state index in [1.54, 1.807) is 29.5 Å². The Morgan fingerprint density at radius 1 is 1.15 bits per heavy atom. The van der Waals surface area contributed by atoms with E-state index in [1.165, 1.54) is 0 Å². The maximum absolute atomic E-state index is 8.67. The van der Waals surface area contributed by atoms with Gasteiger partial charge in [0.2, 0.25) is 0 Å². The first-order valence-electron chi connectivity index (χ1n) is 5.96. The Hall–Kier alpha value is -1.18. The molecule has 1 N–H and O–H groups in total. The van der Waals surface area contributed by atoms with Crippen molar-refractivity contribution in [1.29, 1.82) is 0 Å². The lowest BCUT2D eigenvalue weighted by Gasteiger charge is -2.08. The van der Waals surface area contributed by atoms with Crippen molar-refractivity contribution in [3.05, 3.63) is 50.1 Å². The molecule has 0 aliphatic heterocycles. The third kappa shape index (κ3) is 4.16. The minimum atomic E-state index is 0.0827. The molecule has 0 saturated carbocycles. The summed E-state index contributed by atoms with van der Waals surface area (Å²) in [7, 11) is 0. The van der Waals surface area contributed by atoms with Crippen LogP contribution in [0.5, 0.6) is 5.75 Å². The highest BCUT2D eigenvalue weighted by atomic mass is 35.5. The van der Waals surface area contributed by atoms with Gasteiger partial charge < -0.3 is 9.84 Å². The highest BCUT2D eigenvalue weighted by Gasteiger charge is 2.07. The van der Waals surface area contributed by atoms with Crippen molar-refractivity contribution in [2.24, 2.45) is 0 Å². The van der Waals surface area contributed by atoms with E-state index in [-0.39, 0.29) is 6.61 Å². The molecule has 0 atom stereocenters. The number of aliphatic hydroxyl groups is 1. The van der Waals surface area contributed by atoms with Gasteiger partial charge in [-0.15, -0.1) is 11.3 Å². The zero-order valence-electron chi connectivity index (χ0n) is 10.5. The van der Waals surface area contributed by atoms with Crippen molar-refractivity contribution < 1.29 is 9.84 Å². The topological polar surface area (TPSA) is 29.5 Å². The van der Waals surface area contributed by atoms with Crippen molar-refractivity contribution in [2.75, 3.05) is 6.61 Å². The van der Waals surface area contributed by atoms with Crippen molar-refractivity contribution >= 4 is 34.5 Å². The quantitative estimate of drug-likeness (QED) is 0.845. The van der Waals surface area contributed by atoms with E-state index in [4.69, 9.17) is 33.0 Å². The molecule has 1 heterocycles. The van der Waals surface area contributed by atoms with Crippen LogP contribution in [-0.4, -0.2) is 11.7 Å². The number of rotatable bonds is 4. The molecule has 2 aromatic rings. The lowest BCUT2D eigenvalue weighted by Crippen LogP contribution is -1.94. The molecule has 0 amide bonds. The second-order valence-corrected chi connectivity index (χ2v) is 5.86. The summed E-state index contributed by atoms with van der Waals surface area (Å²) in [6.07, 6.45) is 0.485. The number of halogens is 2. The number of para-hydroxylation sites is 1. The fraction of sp³-hybridized carbons (Fsp3) is 0.200. The number of hydrogen-bond donors (Lipinski definition) is 1. The van der Waals surface area contributed by atoms with Crippen LogP contribution in [0.4, 0.5) is 0 Å². The van der Waals surface area contributed by atoms with Crippen LogP contribution in [-0.2, 0) is 6.61 Å². The molecular formula is C15H12Cl2O2S. The first-order valence-corrected chi connectivity index (χ1v) is 7.53. The van der Waals surface area contributed by atoms with Crippen molar-refractivity contribution in [1.82, 2.24) is 0 Å². The van der Waals surface area contributed by atoms with Crippen LogP contribution in [0.2, 0.25) is 10.0 Å². The summed E-state index contributed by atoms with van der Waals surface area (Å²) in [4.78, 5) is 1.98. The second kappa shape index (κ2) is 7.56. The van der Waals surface area contributed by atoms with E-state index >= 15 is 0 Å². The molecule has 20 heavy (non-hydrogen) atoms. The fourth-order valence-corrected chi connectivity index (χ4v) is 2.79. The molecule has 0 saturated heterocycles. The van der Waals surface area contributed by atoms with Gasteiger partial charge in [-0.2, -0.15) is 0 Å². The van der Waals surface area contributed by atoms with Crippen molar-refractivity contribution in [2.45, 2.75) is 13.0 Å². The molecular weight excluding hydrogens is 315 g/mol. The number of aliphatic hydroxyl groups excluding tert-OH is 1. The molecule has 1 aromatic heterocycles. The molecule has 0 fully saturated rings. The minimum Gasteiger partial charge on any atom is -0.485 e. The summed E-state index contributed by atoms with van der Waals surface area (Å²) in [6, 6.07) is 9.14. The third-order valence-corrected chi connectivity index (χ3v) is 3.96. The maximum atomic E-state index is 8.67. The predicted molar refractivity (Wildman–Crippen MR) is 83.7 cm³/mol. The highest BCUT2D eigenvalue weighted by Crippen LogP contribution is 2.33. The molecule has 1 aromatic carbocycles. The highest BCUT2D eigenvalue weighted by molar-refractivity contribution is 7.12. The average molecular weight is 327 g/mol. The van der Waals surface area contributed by atoms with Gasteiger partial charge in [-0.1, -0.05) is 41.1 Å². The van der Waals surface area contributed by atoms with E-state index in [1.807, 2.05) is 12.1 Å². The van der Waals surface area contributed by atoms with E-state index in [9.17, 15) is 0 Å². The predicted octanol–water partition coefficient (Wildman–Crippen LogP) is 4.37. The van der Waals surface area contributed by atoms with Crippen LogP contribution < -0.4 is 4.74 Å². The van der Waals surface area contributed by atoms with E-state index in [0.717, 1.165) is 9.75 Å². The Balaban J connectivity index is 2.00. The van der Waals surface area contributed by atoms with Crippen LogP contribution in [0.1, 0.15) is 16.2 Å². The largest absolute Gasteiger partial charge is 0.485 e. The Labute approximate surface area is 131 Å². The first kappa shape index (κ1) is 15.2. The van der Waals surface area contributed by atoms with Gasteiger partial charge in [0.25, 0.3) is 0 Å².